The van der Waals surface area contributed by atoms with Gasteiger partial charge in [-0.2, -0.15) is 19.1 Å². The number of tetrazole rings is 1. The Morgan fingerprint density at radius 1 is 1.28 bits per heavy atom. The second kappa shape index (κ2) is 8.44. The molecule has 9 heteroatoms. The highest BCUT2D eigenvalue weighted by molar-refractivity contribution is 6.00. The van der Waals surface area contributed by atoms with Crippen LogP contribution in [0.5, 0.6) is 0 Å². The van der Waals surface area contributed by atoms with Gasteiger partial charge in [0.25, 0.3) is 0 Å². The van der Waals surface area contributed by atoms with Crippen molar-refractivity contribution in [3.05, 3.63) is 76.7 Å². The number of aromatic nitrogens is 4. The van der Waals surface area contributed by atoms with Gasteiger partial charge in [0, 0.05) is 5.57 Å². The molecule has 7 nitrogen and oxygen atoms in total. The molecule has 1 aromatic carbocycles. The minimum Gasteiger partial charge on any atom is -0.392 e. The Morgan fingerprint density at radius 2 is 2.07 bits per heavy atom. The van der Waals surface area contributed by atoms with Crippen molar-refractivity contribution < 1.29 is 13.9 Å². The number of hydrazone groups is 1. The highest BCUT2D eigenvalue weighted by Crippen LogP contribution is 2.34. The summed E-state index contributed by atoms with van der Waals surface area (Å²) in [5, 5.41) is 28.0. The van der Waals surface area contributed by atoms with Gasteiger partial charge in [-0.25, -0.2) is 0 Å². The molecule has 2 N–H and O–H groups in total. The Morgan fingerprint density at radius 3 is 2.76 bits per heavy atom. The molecule has 0 spiro atoms. The Labute approximate surface area is 167 Å². The molecule has 0 fully saturated rings. The summed E-state index contributed by atoms with van der Waals surface area (Å²) in [6.45, 7) is 7.97. The van der Waals surface area contributed by atoms with Crippen LogP contribution in [0, 0.1) is 6.92 Å². The number of aromatic amines is 1. The summed E-state index contributed by atoms with van der Waals surface area (Å²) in [7, 11) is 0. The van der Waals surface area contributed by atoms with Crippen LogP contribution < -0.4 is 0 Å². The van der Waals surface area contributed by atoms with Crippen molar-refractivity contribution in [2.24, 2.45) is 5.10 Å². The minimum atomic E-state index is -3.42. The zero-order valence-electron chi connectivity index (χ0n) is 16.2. The molecule has 0 aliphatic carbocycles. The van der Waals surface area contributed by atoms with Gasteiger partial charge in [-0.15, -0.1) is 10.2 Å². The number of rotatable bonds is 5. The van der Waals surface area contributed by atoms with Crippen LogP contribution in [0.15, 0.2) is 59.3 Å². The van der Waals surface area contributed by atoms with Gasteiger partial charge < -0.3 is 5.11 Å². The molecule has 29 heavy (non-hydrogen) atoms. The van der Waals surface area contributed by atoms with Crippen LogP contribution >= 0.6 is 0 Å². The third kappa shape index (κ3) is 4.45. The number of allylic oxidation sites excluding steroid dienone is 4. The lowest BCUT2D eigenvalue weighted by atomic mass is 10.0. The van der Waals surface area contributed by atoms with Gasteiger partial charge in [-0.3, -0.25) is 5.01 Å². The number of halogens is 2. The van der Waals surface area contributed by atoms with Gasteiger partial charge in [0.15, 0.2) is 0 Å². The van der Waals surface area contributed by atoms with Crippen LogP contribution in [0.4, 0.5) is 8.78 Å². The topological polar surface area (TPSA) is 90.3 Å². The summed E-state index contributed by atoms with van der Waals surface area (Å²) < 4.78 is 29.7. The van der Waals surface area contributed by atoms with Gasteiger partial charge in [0.1, 0.15) is 0 Å². The molecule has 2 heterocycles. The summed E-state index contributed by atoms with van der Waals surface area (Å²) in [4.78, 5) is 0. The number of alkyl halides is 2. The average Bonchev–Trinajstić information content (AvgIpc) is 3.25. The molecular weight excluding hydrogens is 378 g/mol. The van der Waals surface area contributed by atoms with Crippen LogP contribution in [0.25, 0.3) is 0 Å². The SMILES string of the molecule is C=C1/C=C\C(C(F)(F)c2nn[nH]n2)=C/CN(Cc2c(C)cccc2CO)N=C1C. The first-order valence-electron chi connectivity index (χ1n) is 9.01. The number of nitrogens with one attached hydrogen (secondary N) is 1. The second-order valence-corrected chi connectivity index (χ2v) is 6.73. The summed E-state index contributed by atoms with van der Waals surface area (Å²) in [6, 6.07) is 5.64. The van der Waals surface area contributed by atoms with E-state index in [4.69, 9.17) is 0 Å². The summed E-state index contributed by atoms with van der Waals surface area (Å²) in [5.74, 6) is -4.13. The summed E-state index contributed by atoms with van der Waals surface area (Å²) in [6.07, 6.45) is 4.18. The molecule has 0 atom stereocenters. The van der Waals surface area contributed by atoms with E-state index < -0.39 is 11.7 Å². The Hall–Kier alpha value is -3.20. The monoisotopic (exact) mass is 400 g/mol. The molecule has 1 aliphatic rings. The quantitative estimate of drug-likeness (QED) is 0.805. The van der Waals surface area contributed by atoms with Crippen LogP contribution in [0.1, 0.15) is 29.4 Å². The molecule has 1 aromatic heterocycles. The third-order valence-corrected chi connectivity index (χ3v) is 4.75. The van der Waals surface area contributed by atoms with Crippen molar-refractivity contribution in [3.63, 3.8) is 0 Å². The maximum absolute atomic E-state index is 14.9. The molecule has 0 unspecified atom stereocenters. The lowest BCUT2D eigenvalue weighted by Gasteiger charge is -2.22. The first-order chi connectivity index (χ1) is 13.8. The maximum atomic E-state index is 14.9. The Balaban J connectivity index is 1.97. The first kappa shape index (κ1) is 20.5. The standard InChI is InChI=1S/C20H22F2N6O/c1-13-7-8-17(20(21,22)19-23-26-27-24-19)9-10-28(25-15(13)3)11-18-14(2)5-4-6-16(18)12-29/h4-9,29H,1,10-12H2,2-3H3,(H,23,24,26,27)/b8-7-,17-9+,25-15?. The fourth-order valence-corrected chi connectivity index (χ4v) is 2.98. The van der Waals surface area contributed by atoms with Gasteiger partial charge in [0.05, 0.1) is 25.4 Å². The van der Waals surface area contributed by atoms with Crippen molar-refractivity contribution >= 4 is 5.71 Å². The van der Waals surface area contributed by atoms with E-state index in [2.05, 4.69) is 32.3 Å². The maximum Gasteiger partial charge on any atom is 0.335 e. The molecule has 1 aliphatic heterocycles. The number of aliphatic hydroxyl groups is 1. The van der Waals surface area contributed by atoms with Gasteiger partial charge in [-0.1, -0.05) is 43.0 Å². The number of hydrogen-bond acceptors (Lipinski definition) is 6. The van der Waals surface area contributed by atoms with Crippen molar-refractivity contribution in [2.45, 2.75) is 32.9 Å². The number of H-pyrrole nitrogens is 1. The van der Waals surface area contributed by atoms with Crippen LogP contribution in [0.3, 0.4) is 0 Å². The van der Waals surface area contributed by atoms with Gasteiger partial charge >= 0.3 is 5.92 Å². The summed E-state index contributed by atoms with van der Waals surface area (Å²) >= 11 is 0. The van der Waals surface area contributed by atoms with Crippen molar-refractivity contribution in [2.75, 3.05) is 6.54 Å². The zero-order valence-corrected chi connectivity index (χ0v) is 16.2. The Kier molecular flexibility index (Phi) is 5.97. The van der Waals surface area contributed by atoms with Gasteiger partial charge in [0.2, 0.25) is 5.82 Å². The lowest BCUT2D eigenvalue weighted by molar-refractivity contribution is 0.0314. The van der Waals surface area contributed by atoms with Crippen LogP contribution in [0.2, 0.25) is 0 Å². The number of hydrogen-bond donors (Lipinski definition) is 2. The number of aryl methyl sites for hydroxylation is 1. The molecule has 0 saturated carbocycles. The average molecular weight is 400 g/mol. The van der Waals surface area contributed by atoms with Crippen LogP contribution in [-0.4, -0.2) is 43.0 Å². The third-order valence-electron chi connectivity index (χ3n) is 4.75. The van der Waals surface area contributed by atoms with E-state index >= 15 is 0 Å². The number of benzene rings is 1. The summed E-state index contributed by atoms with van der Waals surface area (Å²) in [5.41, 5.74) is 3.52. The van der Waals surface area contributed by atoms with E-state index in [-0.39, 0.29) is 18.7 Å². The molecule has 2 aromatic rings. The van der Waals surface area contributed by atoms with E-state index in [0.29, 0.717) is 17.8 Å². The number of aliphatic hydroxyl groups excluding tert-OH is 1. The van der Waals surface area contributed by atoms with E-state index in [1.165, 1.54) is 18.2 Å². The smallest absolute Gasteiger partial charge is 0.335 e. The first-order valence-corrected chi connectivity index (χ1v) is 9.01. The van der Waals surface area contributed by atoms with Crippen LogP contribution in [-0.2, 0) is 19.1 Å². The van der Waals surface area contributed by atoms with E-state index in [9.17, 15) is 13.9 Å². The van der Waals surface area contributed by atoms with E-state index in [1.54, 1.807) is 11.9 Å². The minimum absolute atomic E-state index is 0.112. The Bertz CT molecular complexity index is 979. The molecule has 152 valence electrons. The largest absolute Gasteiger partial charge is 0.392 e. The lowest BCUT2D eigenvalue weighted by Crippen LogP contribution is -2.23. The molecule has 0 amide bonds. The van der Waals surface area contributed by atoms with Crippen molar-refractivity contribution in [3.8, 4) is 0 Å². The van der Waals surface area contributed by atoms with E-state index in [0.717, 1.165) is 16.7 Å². The fraction of sp³-hybridized carbons (Fsp3) is 0.300. The molecule has 3 rings (SSSR count). The van der Waals surface area contributed by atoms with E-state index in [1.807, 2.05) is 25.1 Å². The van der Waals surface area contributed by atoms with Crippen molar-refractivity contribution in [1.29, 1.82) is 0 Å². The highest BCUT2D eigenvalue weighted by Gasteiger charge is 2.40. The molecule has 0 saturated heterocycles. The predicted molar refractivity (Wildman–Crippen MR) is 105 cm³/mol. The molecule has 0 bridgehead atoms. The zero-order chi connectivity index (χ0) is 21.0. The second-order valence-electron chi connectivity index (χ2n) is 6.73. The molecular formula is C20H22F2N6O. The van der Waals surface area contributed by atoms with Gasteiger partial charge in [-0.05, 0) is 41.3 Å². The number of nitrogens with zero attached hydrogens (tertiary/aromatic N) is 5. The molecule has 0 radical (unpaired) electrons. The predicted octanol–water partition coefficient (Wildman–Crippen LogP) is 3.02. The highest BCUT2D eigenvalue weighted by atomic mass is 19.3. The van der Waals surface area contributed by atoms with Crippen molar-refractivity contribution in [1.82, 2.24) is 25.6 Å². The fourth-order valence-electron chi connectivity index (χ4n) is 2.98. The normalized spacial score (nSPS) is 18.4.